The van der Waals surface area contributed by atoms with E-state index in [9.17, 15) is 9.59 Å². The van der Waals surface area contributed by atoms with Crippen LogP contribution >= 0.6 is 0 Å². The molecule has 66 heavy (non-hydrogen) atoms. The van der Waals surface area contributed by atoms with Gasteiger partial charge in [0.1, 0.15) is 6.61 Å². The molecule has 5 heteroatoms. The van der Waals surface area contributed by atoms with E-state index in [4.69, 9.17) is 14.2 Å². The topological polar surface area (TPSA) is 61.8 Å². The van der Waals surface area contributed by atoms with Crippen LogP contribution in [0.25, 0.3) is 0 Å². The molecule has 0 aliphatic heterocycles. The molecule has 0 N–H and O–H groups in total. The highest BCUT2D eigenvalue weighted by molar-refractivity contribution is 5.70. The number of ether oxygens (including phenoxy) is 3. The Morgan fingerprint density at radius 2 is 0.712 bits per heavy atom. The van der Waals surface area contributed by atoms with Crippen LogP contribution in [0, 0.1) is 0 Å². The molecule has 0 aliphatic rings. The normalized spacial score (nSPS) is 13.0. The third-order valence-electron chi connectivity index (χ3n) is 11.6. The van der Waals surface area contributed by atoms with Crippen LogP contribution < -0.4 is 0 Å². The number of carbonyl (C=O) groups excluding carboxylic acids is 2. The van der Waals surface area contributed by atoms with Crippen LogP contribution in [0.4, 0.5) is 0 Å². The van der Waals surface area contributed by atoms with Crippen LogP contribution in [0.15, 0.2) is 97.2 Å². The van der Waals surface area contributed by atoms with Crippen molar-refractivity contribution in [2.24, 2.45) is 0 Å². The summed E-state index contributed by atoms with van der Waals surface area (Å²) in [7, 11) is 0. The Balaban J connectivity index is 4.34. The summed E-state index contributed by atoms with van der Waals surface area (Å²) in [5.74, 6) is -0.440. The first-order valence-electron chi connectivity index (χ1n) is 27.8. The third kappa shape index (κ3) is 53.4. The molecule has 0 aromatic carbocycles. The number of hydrogen-bond acceptors (Lipinski definition) is 5. The molecule has 1 atom stereocenters. The number of carbonyl (C=O) groups is 2. The molecule has 0 spiro atoms. The predicted octanol–water partition coefficient (Wildman–Crippen LogP) is 19.0. The lowest BCUT2D eigenvalue weighted by Gasteiger charge is -2.18. The van der Waals surface area contributed by atoms with E-state index >= 15 is 0 Å². The Morgan fingerprint density at radius 1 is 0.348 bits per heavy atom. The Bertz CT molecular complexity index is 1270. The van der Waals surface area contributed by atoms with E-state index < -0.39 is 6.10 Å². The van der Waals surface area contributed by atoms with Crippen molar-refractivity contribution < 1.29 is 23.8 Å². The van der Waals surface area contributed by atoms with Crippen molar-refractivity contribution in [3.05, 3.63) is 97.2 Å². The zero-order chi connectivity index (χ0) is 47.7. The van der Waals surface area contributed by atoms with Crippen molar-refractivity contribution >= 4 is 11.9 Å². The SMILES string of the molecule is CC/C=C\C/C=C\C/C=C\C/C=C\C/C=C\CCCCOCC(COC(=O)CCCCCCCCCCC/C=C\CCCCCCCC)OC(=O)CCCCCCC/C=C\C/C=C\CCC. The van der Waals surface area contributed by atoms with Gasteiger partial charge in [0.05, 0.1) is 6.61 Å². The minimum atomic E-state index is -0.572. The summed E-state index contributed by atoms with van der Waals surface area (Å²) in [6.45, 7) is 7.54. The molecule has 0 rings (SSSR count). The summed E-state index contributed by atoms with van der Waals surface area (Å²) in [5.41, 5.74) is 0. The van der Waals surface area contributed by atoms with Crippen molar-refractivity contribution in [1.82, 2.24) is 0 Å². The molecule has 0 bridgehead atoms. The molecular formula is C61H104O5. The number of rotatable bonds is 50. The van der Waals surface area contributed by atoms with Crippen molar-refractivity contribution in [3.8, 4) is 0 Å². The number of hydrogen-bond donors (Lipinski definition) is 0. The molecule has 0 aromatic heterocycles. The first-order valence-corrected chi connectivity index (χ1v) is 27.8. The van der Waals surface area contributed by atoms with E-state index in [0.29, 0.717) is 19.4 Å². The third-order valence-corrected chi connectivity index (χ3v) is 11.6. The molecule has 0 heterocycles. The highest BCUT2D eigenvalue weighted by atomic mass is 16.6. The maximum Gasteiger partial charge on any atom is 0.306 e. The Hall–Kier alpha value is -3.18. The van der Waals surface area contributed by atoms with E-state index in [1.165, 1.54) is 109 Å². The maximum atomic E-state index is 12.8. The Morgan fingerprint density at radius 3 is 1.17 bits per heavy atom. The number of allylic oxidation sites excluding steroid dienone is 16. The van der Waals surface area contributed by atoms with Gasteiger partial charge in [-0.25, -0.2) is 0 Å². The highest BCUT2D eigenvalue weighted by Gasteiger charge is 2.17. The summed E-state index contributed by atoms with van der Waals surface area (Å²) < 4.78 is 17.4. The fourth-order valence-corrected chi connectivity index (χ4v) is 7.45. The average molecular weight is 917 g/mol. The summed E-state index contributed by atoms with van der Waals surface area (Å²) in [6.07, 6.45) is 75.7. The van der Waals surface area contributed by atoms with Gasteiger partial charge in [-0.2, -0.15) is 0 Å². The van der Waals surface area contributed by atoms with Crippen molar-refractivity contribution in [3.63, 3.8) is 0 Å². The molecule has 0 radical (unpaired) electrons. The molecule has 1 unspecified atom stereocenters. The van der Waals surface area contributed by atoms with Crippen molar-refractivity contribution in [2.45, 2.75) is 258 Å². The van der Waals surface area contributed by atoms with Crippen LogP contribution in [0.5, 0.6) is 0 Å². The standard InChI is InChI=1S/C61H104O5/c1-4-7-10-13-16-19-22-25-27-29-31-32-34-37-39-42-45-48-51-54-60(62)65-58-59(66-61(63)55-52-49-46-43-40-36-24-21-18-15-12-9-6-3)57-64-56-53-50-47-44-41-38-35-33-30-28-26-23-20-17-14-11-8-5-2/h8,11-12,15,17,20-21,24-28,33,35,41,44,59H,4-7,9-10,13-14,16,18-19,22-23,29-32,34,36-40,42-43,45-58H2,1-3H3/b11-8-,15-12-,20-17-,24-21-,27-25-,28-26-,35-33-,44-41-. The molecule has 0 aliphatic carbocycles. The molecule has 0 aromatic rings. The zero-order valence-electron chi connectivity index (χ0n) is 43.4. The van der Waals surface area contributed by atoms with Crippen molar-refractivity contribution in [1.29, 1.82) is 0 Å². The lowest BCUT2D eigenvalue weighted by Crippen LogP contribution is -2.30. The van der Waals surface area contributed by atoms with Crippen LogP contribution in [-0.2, 0) is 23.8 Å². The maximum absolute atomic E-state index is 12.8. The average Bonchev–Trinajstić information content (AvgIpc) is 3.32. The van der Waals surface area contributed by atoms with Gasteiger partial charge in [0.2, 0.25) is 0 Å². The summed E-state index contributed by atoms with van der Waals surface area (Å²) >= 11 is 0. The van der Waals surface area contributed by atoms with Crippen LogP contribution in [0.1, 0.15) is 252 Å². The quantitative estimate of drug-likeness (QED) is 0.0346. The van der Waals surface area contributed by atoms with Crippen molar-refractivity contribution in [2.75, 3.05) is 19.8 Å². The van der Waals surface area contributed by atoms with Gasteiger partial charge in [-0.05, 0) is 116 Å². The van der Waals surface area contributed by atoms with Gasteiger partial charge in [0.15, 0.2) is 6.10 Å². The summed E-state index contributed by atoms with van der Waals surface area (Å²) in [5, 5.41) is 0. The second-order valence-corrected chi connectivity index (χ2v) is 18.1. The van der Waals surface area contributed by atoms with E-state index in [1.807, 2.05) is 0 Å². The van der Waals surface area contributed by atoms with E-state index in [0.717, 1.165) is 109 Å². The number of unbranched alkanes of at least 4 members (excludes halogenated alkanes) is 23. The van der Waals surface area contributed by atoms with Gasteiger partial charge in [-0.1, -0.05) is 221 Å². The second-order valence-electron chi connectivity index (χ2n) is 18.1. The predicted molar refractivity (Wildman–Crippen MR) is 288 cm³/mol. The van der Waals surface area contributed by atoms with Gasteiger partial charge in [0.25, 0.3) is 0 Å². The second kappa shape index (κ2) is 56.1. The molecule has 0 fully saturated rings. The molecule has 5 nitrogen and oxygen atoms in total. The monoisotopic (exact) mass is 917 g/mol. The van der Waals surface area contributed by atoms with E-state index in [2.05, 4.69) is 118 Å². The molecule has 0 saturated heterocycles. The fourth-order valence-electron chi connectivity index (χ4n) is 7.45. The van der Waals surface area contributed by atoms with Gasteiger partial charge >= 0.3 is 11.9 Å². The Labute approximate surface area is 409 Å². The van der Waals surface area contributed by atoms with Gasteiger partial charge < -0.3 is 14.2 Å². The highest BCUT2D eigenvalue weighted by Crippen LogP contribution is 2.14. The summed E-state index contributed by atoms with van der Waals surface area (Å²) in [6, 6.07) is 0. The Kier molecular flexibility index (Phi) is 53.4. The van der Waals surface area contributed by atoms with Crippen LogP contribution in [0.2, 0.25) is 0 Å². The zero-order valence-corrected chi connectivity index (χ0v) is 43.4. The van der Waals surface area contributed by atoms with Gasteiger partial charge in [0, 0.05) is 19.4 Å². The molecule has 0 saturated carbocycles. The molecule has 0 amide bonds. The first-order chi connectivity index (χ1) is 32.6. The summed E-state index contributed by atoms with van der Waals surface area (Å²) in [4.78, 5) is 25.5. The van der Waals surface area contributed by atoms with E-state index in [1.54, 1.807) is 0 Å². The fraction of sp³-hybridized carbons (Fsp3) is 0.705. The van der Waals surface area contributed by atoms with Gasteiger partial charge in [-0.3, -0.25) is 9.59 Å². The van der Waals surface area contributed by atoms with E-state index in [-0.39, 0.29) is 25.2 Å². The largest absolute Gasteiger partial charge is 0.462 e. The van der Waals surface area contributed by atoms with Gasteiger partial charge in [-0.15, -0.1) is 0 Å². The minimum Gasteiger partial charge on any atom is -0.462 e. The molecular weight excluding hydrogens is 813 g/mol. The number of esters is 2. The van der Waals surface area contributed by atoms with Crippen LogP contribution in [-0.4, -0.2) is 37.9 Å². The minimum absolute atomic E-state index is 0.0570. The lowest BCUT2D eigenvalue weighted by atomic mass is 10.1. The van der Waals surface area contributed by atoms with Crippen LogP contribution in [0.3, 0.4) is 0 Å². The smallest absolute Gasteiger partial charge is 0.306 e. The molecule has 378 valence electrons. The first kappa shape index (κ1) is 62.8. The lowest BCUT2D eigenvalue weighted by molar-refractivity contribution is -0.163.